The Morgan fingerprint density at radius 2 is 1.93 bits per heavy atom. The Bertz CT molecular complexity index is 1420. The number of carbonyl (C=O) groups is 2. The largest absolute Gasteiger partial charge is 0.396 e. The number of aliphatic hydroxyl groups is 2. The number of anilines is 1. The van der Waals surface area contributed by atoms with E-state index in [-0.39, 0.29) is 29.2 Å². The number of hydrogen-bond donors (Lipinski definition) is 4. The molecule has 1 aliphatic heterocycles. The van der Waals surface area contributed by atoms with E-state index in [9.17, 15) is 24.2 Å². The van der Waals surface area contributed by atoms with E-state index >= 15 is 0 Å². The minimum atomic E-state index is -0.910. The second kappa shape index (κ2) is 13.5. The first-order chi connectivity index (χ1) is 19.7. The molecule has 4 N–H and O–H groups in total. The van der Waals surface area contributed by atoms with E-state index in [4.69, 9.17) is 23.2 Å². The number of pyridine rings is 1. The minimum absolute atomic E-state index is 0.0101. The van der Waals surface area contributed by atoms with Gasteiger partial charge in [0.1, 0.15) is 11.9 Å². The van der Waals surface area contributed by atoms with Gasteiger partial charge in [0.15, 0.2) is 0 Å². The van der Waals surface area contributed by atoms with Gasteiger partial charge in [-0.25, -0.2) is 14.4 Å². The van der Waals surface area contributed by atoms with E-state index in [1.54, 1.807) is 19.2 Å². The lowest BCUT2D eigenvalue weighted by Crippen LogP contribution is -2.46. The maximum absolute atomic E-state index is 13.9. The van der Waals surface area contributed by atoms with Crippen molar-refractivity contribution in [2.24, 2.45) is 0 Å². The number of fused-ring (bicyclic) bond motifs is 1. The van der Waals surface area contributed by atoms with Crippen LogP contribution in [-0.4, -0.2) is 67.2 Å². The molecule has 0 radical (unpaired) electrons. The summed E-state index contributed by atoms with van der Waals surface area (Å²) in [4.78, 5) is 41.0. The summed E-state index contributed by atoms with van der Waals surface area (Å²) >= 11 is 12.1. The molecule has 13 heteroatoms. The van der Waals surface area contributed by atoms with E-state index in [0.29, 0.717) is 40.4 Å². The summed E-state index contributed by atoms with van der Waals surface area (Å²) in [5, 5.41) is 25.3. The fourth-order valence-corrected chi connectivity index (χ4v) is 4.96. The number of benzene rings is 1. The fraction of sp³-hybridized carbons (Fsp3) is 0.393. The number of hydrogen-bond acceptors (Lipinski definition) is 8. The van der Waals surface area contributed by atoms with E-state index in [1.807, 2.05) is 6.92 Å². The number of rotatable bonds is 12. The van der Waals surface area contributed by atoms with Crippen LogP contribution < -0.4 is 10.6 Å². The van der Waals surface area contributed by atoms with Gasteiger partial charge in [0.25, 0.3) is 5.91 Å². The van der Waals surface area contributed by atoms with E-state index in [1.165, 1.54) is 23.2 Å². The van der Waals surface area contributed by atoms with Crippen LogP contribution >= 0.6 is 23.2 Å². The third-order valence-corrected chi connectivity index (χ3v) is 7.52. The van der Waals surface area contributed by atoms with Crippen LogP contribution in [0.25, 0.3) is 11.3 Å². The second-order valence-corrected chi connectivity index (χ2v) is 10.6. The molecule has 4 rings (SSSR count). The van der Waals surface area contributed by atoms with Gasteiger partial charge in [-0.15, -0.1) is 0 Å². The number of aromatic nitrogens is 3. The Kier molecular flexibility index (Phi) is 10.1. The number of halogens is 3. The Hall–Kier alpha value is -3.38. The Labute approximate surface area is 246 Å². The number of aliphatic hydroxyl groups excluding tert-OH is 2. The zero-order valence-corrected chi connectivity index (χ0v) is 24.1. The van der Waals surface area contributed by atoms with Crippen LogP contribution in [0.3, 0.4) is 0 Å². The molecule has 41 heavy (non-hydrogen) atoms. The molecule has 0 fully saturated rings. The van der Waals surface area contributed by atoms with Gasteiger partial charge in [-0.3, -0.25) is 14.6 Å². The normalized spacial score (nSPS) is 14.9. The molecule has 3 heterocycles. The number of carbonyl (C=O) groups excluding carboxylic acids is 2. The molecule has 1 unspecified atom stereocenters. The zero-order valence-electron chi connectivity index (χ0n) is 22.6. The van der Waals surface area contributed by atoms with Gasteiger partial charge in [-0.2, -0.15) is 0 Å². The van der Waals surface area contributed by atoms with Gasteiger partial charge < -0.3 is 25.7 Å². The van der Waals surface area contributed by atoms with Gasteiger partial charge >= 0.3 is 0 Å². The van der Waals surface area contributed by atoms with Gasteiger partial charge in [0.2, 0.25) is 11.9 Å². The van der Waals surface area contributed by atoms with Crippen LogP contribution in [0, 0.1) is 5.82 Å². The van der Waals surface area contributed by atoms with Crippen LogP contribution in [-0.2, 0) is 11.3 Å². The van der Waals surface area contributed by atoms with Crippen LogP contribution in [0.2, 0.25) is 10.0 Å². The zero-order chi connectivity index (χ0) is 29.7. The van der Waals surface area contributed by atoms with Crippen molar-refractivity contribution in [2.75, 3.05) is 18.5 Å². The molecule has 10 nitrogen and oxygen atoms in total. The summed E-state index contributed by atoms with van der Waals surface area (Å²) in [5.74, 6) is -1.26. The van der Waals surface area contributed by atoms with Gasteiger partial charge in [0, 0.05) is 24.4 Å². The molecule has 0 spiro atoms. The minimum Gasteiger partial charge on any atom is -0.396 e. The molecular weight excluding hydrogens is 574 g/mol. The third-order valence-electron chi connectivity index (χ3n) is 6.94. The van der Waals surface area contributed by atoms with Crippen LogP contribution in [0.4, 0.5) is 10.3 Å². The Morgan fingerprint density at radius 3 is 2.61 bits per heavy atom. The lowest BCUT2D eigenvalue weighted by atomic mass is 10.1. The van der Waals surface area contributed by atoms with Crippen molar-refractivity contribution in [3.05, 3.63) is 69.3 Å². The first-order valence-corrected chi connectivity index (χ1v) is 14.0. The van der Waals surface area contributed by atoms with E-state index in [2.05, 4.69) is 25.6 Å². The van der Waals surface area contributed by atoms with Crippen molar-refractivity contribution >= 4 is 41.0 Å². The van der Waals surface area contributed by atoms with Crippen molar-refractivity contribution in [1.29, 1.82) is 0 Å². The van der Waals surface area contributed by atoms with Crippen molar-refractivity contribution in [1.82, 2.24) is 25.2 Å². The maximum atomic E-state index is 13.9. The highest BCUT2D eigenvalue weighted by atomic mass is 35.5. The summed E-state index contributed by atoms with van der Waals surface area (Å²) < 4.78 is 13.9. The lowest BCUT2D eigenvalue weighted by molar-refractivity contribution is -0.126. The van der Waals surface area contributed by atoms with E-state index < -0.39 is 36.3 Å². The summed E-state index contributed by atoms with van der Waals surface area (Å²) in [5.41, 5.74) is 2.04. The standard InChI is InChI=1S/C28H31Cl2FN6O4/c1-3-4-18(7-8-38)34-28-33-12-21(30)25(36-28)17-9-19-23(32-11-17)13-37(27(19)41)15(2)26(40)35-24(14-39)16-5-6-20(29)22(31)10-16/h5-6,9-12,15,18,24,38-39H,3-4,7-8,13-14H2,1-2H3,(H,35,40)(H,33,34,36)/t15-,18?,24-/m1/s1. The molecular formula is C28H31Cl2FN6O4. The van der Waals surface area contributed by atoms with Crippen LogP contribution in [0.15, 0.2) is 36.7 Å². The van der Waals surface area contributed by atoms with Crippen molar-refractivity contribution < 1.29 is 24.2 Å². The van der Waals surface area contributed by atoms with Gasteiger partial charge in [-0.1, -0.05) is 42.6 Å². The summed E-state index contributed by atoms with van der Waals surface area (Å²) in [7, 11) is 0. The Morgan fingerprint density at radius 1 is 1.15 bits per heavy atom. The number of nitrogens with one attached hydrogen (secondary N) is 2. The molecule has 3 atom stereocenters. The average Bonchev–Trinajstić information content (AvgIpc) is 3.29. The van der Waals surface area contributed by atoms with Crippen molar-refractivity contribution in [3.63, 3.8) is 0 Å². The SMILES string of the molecule is CCCC(CCO)Nc1ncc(Cl)c(-c2cnc3c(c2)C(=O)N([C@H](C)C(=O)N[C@H](CO)c2ccc(Cl)c(F)c2)C3)n1. The predicted molar refractivity (Wildman–Crippen MR) is 153 cm³/mol. The molecule has 2 aromatic heterocycles. The second-order valence-electron chi connectivity index (χ2n) is 9.78. The maximum Gasteiger partial charge on any atom is 0.256 e. The summed E-state index contributed by atoms with van der Waals surface area (Å²) in [6, 6.07) is 3.82. The molecule has 1 aromatic carbocycles. The molecule has 0 aliphatic carbocycles. The highest BCUT2D eigenvalue weighted by Crippen LogP contribution is 2.31. The first-order valence-electron chi connectivity index (χ1n) is 13.2. The topological polar surface area (TPSA) is 141 Å². The highest BCUT2D eigenvalue weighted by Gasteiger charge is 2.36. The Balaban J connectivity index is 1.50. The molecule has 0 bridgehead atoms. The molecule has 2 amide bonds. The monoisotopic (exact) mass is 604 g/mol. The fourth-order valence-electron chi connectivity index (χ4n) is 4.65. The molecule has 218 valence electrons. The molecule has 0 saturated heterocycles. The number of amides is 2. The average molecular weight is 605 g/mol. The predicted octanol–water partition coefficient (Wildman–Crippen LogP) is 4.14. The van der Waals surface area contributed by atoms with Crippen LogP contribution in [0.5, 0.6) is 0 Å². The van der Waals surface area contributed by atoms with Crippen LogP contribution in [0.1, 0.15) is 60.8 Å². The number of nitrogens with zero attached hydrogens (tertiary/aromatic N) is 4. The van der Waals surface area contributed by atoms with E-state index in [0.717, 1.165) is 18.9 Å². The van der Waals surface area contributed by atoms with Gasteiger partial charge in [-0.05, 0) is 43.5 Å². The molecule has 1 aliphatic rings. The summed E-state index contributed by atoms with van der Waals surface area (Å²) in [6.07, 6.45) is 5.32. The van der Waals surface area contributed by atoms with Crippen molar-refractivity contribution in [3.8, 4) is 11.3 Å². The lowest BCUT2D eigenvalue weighted by Gasteiger charge is -2.26. The van der Waals surface area contributed by atoms with Crippen molar-refractivity contribution in [2.45, 2.75) is 57.8 Å². The summed E-state index contributed by atoms with van der Waals surface area (Å²) in [6.45, 7) is 3.27. The molecule has 3 aromatic rings. The highest BCUT2D eigenvalue weighted by molar-refractivity contribution is 6.33. The molecule has 0 saturated carbocycles. The van der Waals surface area contributed by atoms with Gasteiger partial charge in [0.05, 0.1) is 52.4 Å². The quantitative estimate of drug-likeness (QED) is 0.242. The first kappa shape index (κ1) is 30.6. The smallest absolute Gasteiger partial charge is 0.256 e. The third kappa shape index (κ3) is 6.92.